The van der Waals surface area contributed by atoms with Crippen LogP contribution in [0.5, 0.6) is 0 Å². The Balaban J connectivity index is 1.93. The number of piperidine rings is 1. The molecule has 4 nitrogen and oxygen atoms in total. The van der Waals surface area contributed by atoms with Gasteiger partial charge in [-0.05, 0) is 76.0 Å². The first-order valence-electron chi connectivity index (χ1n) is 10.2. The highest BCUT2D eigenvalue weighted by molar-refractivity contribution is 9.12. The summed E-state index contributed by atoms with van der Waals surface area (Å²) in [6, 6.07) is 8.27. The van der Waals surface area contributed by atoms with E-state index >= 15 is 0 Å². The number of carbonyl (C=O) groups excluding carboxylic acids is 1. The lowest BCUT2D eigenvalue weighted by molar-refractivity contribution is 0.0600. The highest BCUT2D eigenvalue weighted by Gasteiger charge is 2.24. The molecule has 1 aliphatic rings. The van der Waals surface area contributed by atoms with Gasteiger partial charge in [0, 0.05) is 17.1 Å². The summed E-state index contributed by atoms with van der Waals surface area (Å²) in [6.07, 6.45) is 6.52. The van der Waals surface area contributed by atoms with Crippen molar-refractivity contribution in [3.63, 3.8) is 0 Å². The van der Waals surface area contributed by atoms with E-state index < -0.39 is 0 Å². The van der Waals surface area contributed by atoms with E-state index in [4.69, 9.17) is 4.74 Å². The van der Waals surface area contributed by atoms with Crippen molar-refractivity contribution in [3.05, 3.63) is 69.8 Å². The minimum Gasteiger partial charge on any atom is -0.465 e. The van der Waals surface area contributed by atoms with Gasteiger partial charge in [-0.15, -0.1) is 0 Å². The molecular formula is C24H33BrN2O2. The molecule has 0 radical (unpaired) electrons. The third-order valence-electron chi connectivity index (χ3n) is 5.73. The average molecular weight is 461 g/mol. The van der Waals surface area contributed by atoms with Crippen LogP contribution in [0.4, 0.5) is 0 Å². The smallest absolute Gasteiger partial charge is 0.337 e. The lowest BCUT2D eigenvalue weighted by Crippen LogP contribution is -2.40. The van der Waals surface area contributed by atoms with E-state index in [-0.39, 0.29) is 5.97 Å². The molecule has 1 unspecified atom stereocenters. The molecule has 0 aromatic heterocycles. The molecule has 1 atom stereocenters. The van der Waals surface area contributed by atoms with E-state index in [9.17, 15) is 4.79 Å². The number of hydrogen-bond acceptors (Lipinski definition) is 4. The number of esters is 1. The van der Waals surface area contributed by atoms with Crippen LogP contribution in [0.15, 0.2) is 58.6 Å². The molecule has 1 aliphatic heterocycles. The van der Waals surface area contributed by atoms with E-state index in [2.05, 4.69) is 70.9 Å². The maximum Gasteiger partial charge on any atom is 0.337 e. The standard InChI is InChI=1S/C24H33BrN2O2/c1-17(16-18(2)23(25)10-13-26-4)19(3)27-14-11-21(12-15-27)20-6-8-22(9-7-20)24(28)29-5/h6-10,16,19,21,26H,2,11-15H2,1,3-5H3/b17-16+,23-10+. The van der Waals surface area contributed by atoms with Crippen LogP contribution in [0, 0.1) is 0 Å². The van der Waals surface area contributed by atoms with Gasteiger partial charge in [-0.1, -0.05) is 52.4 Å². The Hall–Kier alpha value is -1.69. The monoisotopic (exact) mass is 460 g/mol. The van der Waals surface area contributed by atoms with Gasteiger partial charge in [0.05, 0.1) is 12.7 Å². The molecule has 0 aliphatic carbocycles. The molecule has 0 spiro atoms. The van der Waals surface area contributed by atoms with E-state index in [1.54, 1.807) is 0 Å². The summed E-state index contributed by atoms with van der Waals surface area (Å²) in [5.74, 6) is 0.263. The number of ether oxygens (including phenoxy) is 1. The Labute approximate surface area is 183 Å². The number of nitrogens with zero attached hydrogens (tertiary/aromatic N) is 1. The van der Waals surface area contributed by atoms with Gasteiger partial charge in [-0.25, -0.2) is 4.79 Å². The first-order valence-corrected chi connectivity index (χ1v) is 11.0. The molecular weight excluding hydrogens is 428 g/mol. The van der Waals surface area contributed by atoms with Crippen molar-refractivity contribution in [2.75, 3.05) is 33.8 Å². The fourth-order valence-corrected chi connectivity index (χ4v) is 3.98. The minimum atomic E-state index is -0.281. The third-order valence-corrected chi connectivity index (χ3v) is 6.57. The fraction of sp³-hybridized carbons (Fsp3) is 0.458. The second-order valence-electron chi connectivity index (χ2n) is 7.62. The molecule has 1 aromatic carbocycles. The number of carbonyl (C=O) groups is 1. The van der Waals surface area contributed by atoms with Crippen molar-refractivity contribution in [1.82, 2.24) is 10.2 Å². The number of rotatable bonds is 8. The minimum absolute atomic E-state index is 0.281. The van der Waals surface area contributed by atoms with Gasteiger partial charge in [-0.3, -0.25) is 4.90 Å². The summed E-state index contributed by atoms with van der Waals surface area (Å²) in [6.45, 7) is 11.6. The predicted octanol–water partition coefficient (Wildman–Crippen LogP) is 5.04. The van der Waals surface area contributed by atoms with Crippen molar-refractivity contribution in [2.24, 2.45) is 0 Å². The van der Waals surface area contributed by atoms with Crippen LogP contribution >= 0.6 is 15.9 Å². The molecule has 0 saturated carbocycles. The Morgan fingerprint density at radius 2 is 1.97 bits per heavy atom. The fourth-order valence-electron chi connectivity index (χ4n) is 3.70. The molecule has 0 bridgehead atoms. The molecule has 158 valence electrons. The molecule has 1 fully saturated rings. The Kier molecular flexibility index (Phi) is 9.34. The van der Waals surface area contributed by atoms with E-state index in [1.807, 2.05) is 19.2 Å². The number of hydrogen-bond donors (Lipinski definition) is 1. The quantitative estimate of drug-likeness (QED) is 0.435. The summed E-state index contributed by atoms with van der Waals surface area (Å²) >= 11 is 3.60. The van der Waals surface area contributed by atoms with Crippen molar-refractivity contribution >= 4 is 21.9 Å². The van der Waals surface area contributed by atoms with E-state index in [0.717, 1.165) is 42.5 Å². The average Bonchev–Trinajstić information content (AvgIpc) is 2.76. The summed E-state index contributed by atoms with van der Waals surface area (Å²) in [4.78, 5) is 14.1. The molecule has 1 aromatic rings. The molecule has 1 N–H and O–H groups in total. The van der Waals surface area contributed by atoms with Crippen LogP contribution < -0.4 is 5.32 Å². The van der Waals surface area contributed by atoms with Crippen LogP contribution in [0.1, 0.15) is 48.5 Å². The van der Waals surface area contributed by atoms with E-state index in [1.165, 1.54) is 18.2 Å². The van der Waals surface area contributed by atoms with Gasteiger partial charge in [0.25, 0.3) is 0 Å². The van der Waals surface area contributed by atoms with Crippen molar-refractivity contribution in [3.8, 4) is 0 Å². The molecule has 0 amide bonds. The highest BCUT2D eigenvalue weighted by Crippen LogP contribution is 2.30. The Morgan fingerprint density at radius 3 is 2.52 bits per heavy atom. The lowest BCUT2D eigenvalue weighted by atomic mass is 9.88. The largest absolute Gasteiger partial charge is 0.465 e. The maximum absolute atomic E-state index is 11.6. The molecule has 1 saturated heterocycles. The number of methoxy groups -OCH3 is 1. The first-order chi connectivity index (χ1) is 13.9. The maximum atomic E-state index is 11.6. The summed E-state index contributed by atoms with van der Waals surface area (Å²) in [5.41, 5.74) is 4.25. The normalized spacial score (nSPS) is 17.8. The third kappa shape index (κ3) is 6.66. The SMILES string of the molecule is C=C(/C=C(\C)C(C)N1CCC(c2ccc(C(=O)OC)cc2)CC1)/C(Br)=C\CNC. The van der Waals surface area contributed by atoms with Crippen LogP contribution in [-0.4, -0.2) is 50.7 Å². The zero-order valence-corrected chi connectivity index (χ0v) is 19.6. The number of allylic oxidation sites excluding steroid dienone is 3. The number of benzene rings is 1. The number of likely N-dealkylation sites (N-methyl/N-ethyl adjacent to an activating group) is 1. The summed E-state index contributed by atoms with van der Waals surface area (Å²) in [7, 11) is 3.34. The van der Waals surface area contributed by atoms with Crippen LogP contribution in [0.2, 0.25) is 0 Å². The number of likely N-dealkylation sites (tertiary alicyclic amines) is 1. The zero-order valence-electron chi connectivity index (χ0n) is 18.0. The summed E-state index contributed by atoms with van der Waals surface area (Å²) in [5, 5.41) is 3.11. The Morgan fingerprint density at radius 1 is 1.34 bits per heavy atom. The van der Waals surface area contributed by atoms with Crippen molar-refractivity contribution in [1.29, 1.82) is 0 Å². The first kappa shape index (κ1) is 23.6. The van der Waals surface area contributed by atoms with Gasteiger partial charge < -0.3 is 10.1 Å². The Bertz CT molecular complexity index is 760. The molecule has 5 heteroatoms. The van der Waals surface area contributed by atoms with Gasteiger partial charge in [0.15, 0.2) is 0 Å². The van der Waals surface area contributed by atoms with Gasteiger partial charge in [0.1, 0.15) is 0 Å². The topological polar surface area (TPSA) is 41.6 Å². The number of nitrogens with one attached hydrogen (secondary N) is 1. The zero-order chi connectivity index (χ0) is 21.4. The molecule has 2 rings (SSSR count). The summed E-state index contributed by atoms with van der Waals surface area (Å²) < 4.78 is 5.81. The predicted molar refractivity (Wildman–Crippen MR) is 125 cm³/mol. The van der Waals surface area contributed by atoms with Gasteiger partial charge in [0.2, 0.25) is 0 Å². The second-order valence-corrected chi connectivity index (χ2v) is 8.48. The van der Waals surface area contributed by atoms with Gasteiger partial charge >= 0.3 is 5.97 Å². The van der Waals surface area contributed by atoms with E-state index in [0.29, 0.717) is 17.5 Å². The second kappa shape index (κ2) is 11.5. The van der Waals surface area contributed by atoms with Crippen LogP contribution in [0.3, 0.4) is 0 Å². The lowest BCUT2D eigenvalue weighted by Gasteiger charge is -2.37. The number of halogens is 1. The van der Waals surface area contributed by atoms with Gasteiger partial charge in [-0.2, -0.15) is 0 Å². The van der Waals surface area contributed by atoms with Crippen molar-refractivity contribution in [2.45, 2.75) is 38.6 Å². The highest BCUT2D eigenvalue weighted by atomic mass is 79.9. The van der Waals surface area contributed by atoms with Crippen LogP contribution in [0.25, 0.3) is 0 Å². The molecule has 29 heavy (non-hydrogen) atoms. The molecule has 1 heterocycles. The van der Waals surface area contributed by atoms with Crippen LogP contribution in [-0.2, 0) is 4.74 Å². The van der Waals surface area contributed by atoms with Crippen molar-refractivity contribution < 1.29 is 9.53 Å².